The molecule has 94 valence electrons. The highest BCUT2D eigenvalue weighted by Crippen LogP contribution is 2.07. The zero-order valence-corrected chi connectivity index (χ0v) is 9.95. The number of benzene rings is 1. The average Bonchev–Trinajstić information content (AvgIpc) is 2.41. The van der Waals surface area contributed by atoms with Gasteiger partial charge in [0.15, 0.2) is 5.75 Å². The summed E-state index contributed by atoms with van der Waals surface area (Å²) < 4.78 is 7.22. The first-order valence-corrected chi connectivity index (χ1v) is 5.77. The average molecular weight is 245 g/mol. The number of hydrogen-bond donors (Lipinski definition) is 1. The Morgan fingerprint density at radius 3 is 2.67 bits per heavy atom. The van der Waals surface area contributed by atoms with Gasteiger partial charge in [0.2, 0.25) is 5.43 Å². The lowest BCUT2D eigenvalue weighted by atomic mass is 10.2. The molecule has 18 heavy (non-hydrogen) atoms. The topological polar surface area (TPSA) is 51.5 Å². The number of aliphatic hydroxyl groups excluding tert-OH is 1. The molecule has 0 bridgehead atoms. The summed E-state index contributed by atoms with van der Waals surface area (Å²) >= 11 is 0. The Kier molecular flexibility index (Phi) is 4.15. The Morgan fingerprint density at radius 2 is 1.94 bits per heavy atom. The van der Waals surface area contributed by atoms with Crippen molar-refractivity contribution in [2.75, 3.05) is 6.61 Å². The van der Waals surface area contributed by atoms with E-state index < -0.39 is 0 Å². The molecule has 1 aromatic carbocycles. The number of hydrogen-bond acceptors (Lipinski definition) is 3. The van der Waals surface area contributed by atoms with Crippen LogP contribution in [0.4, 0.5) is 0 Å². The van der Waals surface area contributed by atoms with Gasteiger partial charge in [-0.15, -0.1) is 0 Å². The summed E-state index contributed by atoms with van der Waals surface area (Å²) in [7, 11) is 0. The lowest BCUT2D eigenvalue weighted by Crippen LogP contribution is -2.12. The molecular weight excluding hydrogens is 230 g/mol. The molecule has 0 aliphatic carbocycles. The molecule has 0 aliphatic rings. The molecule has 0 unspecified atom stereocenters. The minimum absolute atomic E-state index is 0.0288. The third-order valence-electron chi connectivity index (χ3n) is 2.54. The fraction of sp³-hybridized carbons (Fsp3) is 0.214. The number of pyridine rings is 1. The van der Waals surface area contributed by atoms with Crippen molar-refractivity contribution in [3.63, 3.8) is 0 Å². The first-order valence-electron chi connectivity index (χ1n) is 5.77. The van der Waals surface area contributed by atoms with Crippen LogP contribution >= 0.6 is 0 Å². The van der Waals surface area contributed by atoms with Crippen LogP contribution in [-0.2, 0) is 13.2 Å². The lowest BCUT2D eigenvalue weighted by Gasteiger charge is -2.08. The molecule has 4 nitrogen and oxygen atoms in total. The summed E-state index contributed by atoms with van der Waals surface area (Å²) in [6, 6.07) is 11.1. The lowest BCUT2D eigenvalue weighted by molar-refractivity contribution is 0.271. The second-order valence-electron chi connectivity index (χ2n) is 3.91. The second-order valence-corrected chi connectivity index (χ2v) is 3.91. The van der Waals surface area contributed by atoms with Crippen LogP contribution in [0.1, 0.15) is 5.56 Å². The van der Waals surface area contributed by atoms with Crippen molar-refractivity contribution in [3.8, 4) is 5.75 Å². The van der Waals surface area contributed by atoms with Gasteiger partial charge in [-0.3, -0.25) is 4.79 Å². The molecule has 4 heteroatoms. The third-order valence-corrected chi connectivity index (χ3v) is 2.54. The Bertz CT molecular complexity index is 548. The van der Waals surface area contributed by atoms with E-state index in [1.54, 1.807) is 17.0 Å². The minimum atomic E-state index is -0.153. The van der Waals surface area contributed by atoms with Crippen LogP contribution in [0.15, 0.2) is 53.6 Å². The molecule has 0 fully saturated rings. The van der Waals surface area contributed by atoms with Crippen LogP contribution in [0, 0.1) is 0 Å². The van der Waals surface area contributed by atoms with E-state index in [1.807, 2.05) is 30.3 Å². The molecule has 0 atom stereocenters. The summed E-state index contributed by atoms with van der Waals surface area (Å²) in [5, 5.41) is 8.85. The highest BCUT2D eigenvalue weighted by Gasteiger charge is 2.02. The molecule has 0 amide bonds. The smallest absolute Gasteiger partial charge is 0.223 e. The van der Waals surface area contributed by atoms with Gasteiger partial charge < -0.3 is 14.4 Å². The largest absolute Gasteiger partial charge is 0.483 e. The van der Waals surface area contributed by atoms with Crippen LogP contribution in [0.3, 0.4) is 0 Å². The van der Waals surface area contributed by atoms with Crippen molar-refractivity contribution in [3.05, 3.63) is 64.6 Å². The van der Waals surface area contributed by atoms with Crippen LogP contribution in [0.25, 0.3) is 0 Å². The Balaban J connectivity index is 2.09. The summed E-state index contributed by atoms with van der Waals surface area (Å²) in [6.07, 6.45) is 3.25. The number of aliphatic hydroxyl groups is 1. The highest BCUT2D eigenvalue weighted by atomic mass is 16.5. The van der Waals surface area contributed by atoms with E-state index in [2.05, 4.69) is 0 Å². The van der Waals surface area contributed by atoms with E-state index in [9.17, 15) is 4.79 Å². The van der Waals surface area contributed by atoms with Gasteiger partial charge in [0.05, 0.1) is 12.8 Å². The summed E-state index contributed by atoms with van der Waals surface area (Å²) in [5.41, 5.74) is 0.856. The third kappa shape index (κ3) is 3.21. The Hall–Kier alpha value is -2.07. The van der Waals surface area contributed by atoms with Gasteiger partial charge in [-0.25, -0.2) is 0 Å². The van der Waals surface area contributed by atoms with E-state index in [1.165, 1.54) is 6.07 Å². The van der Waals surface area contributed by atoms with Gasteiger partial charge in [-0.05, 0) is 5.56 Å². The monoisotopic (exact) mass is 245 g/mol. The maximum Gasteiger partial charge on any atom is 0.223 e. The van der Waals surface area contributed by atoms with Gasteiger partial charge >= 0.3 is 0 Å². The van der Waals surface area contributed by atoms with Crippen molar-refractivity contribution in [1.29, 1.82) is 0 Å². The molecule has 0 saturated carbocycles. The first-order chi connectivity index (χ1) is 8.79. The molecule has 0 spiro atoms. The highest BCUT2D eigenvalue weighted by molar-refractivity contribution is 5.19. The predicted molar refractivity (Wildman–Crippen MR) is 68.6 cm³/mol. The van der Waals surface area contributed by atoms with Crippen molar-refractivity contribution >= 4 is 0 Å². The standard InChI is InChI=1S/C14H15NO3/c16-9-8-15-7-6-13(17)14(10-15)18-11-12-4-2-1-3-5-12/h1-7,10,16H,8-9,11H2. The summed E-state index contributed by atoms with van der Waals surface area (Å²) in [5.74, 6) is 0.301. The van der Waals surface area contributed by atoms with Gasteiger partial charge in [0.1, 0.15) is 6.61 Å². The quantitative estimate of drug-likeness (QED) is 0.866. The van der Waals surface area contributed by atoms with E-state index in [0.717, 1.165) is 5.56 Å². The van der Waals surface area contributed by atoms with Crippen molar-refractivity contribution in [1.82, 2.24) is 4.57 Å². The van der Waals surface area contributed by atoms with Gasteiger partial charge in [-0.2, -0.15) is 0 Å². The first kappa shape index (κ1) is 12.4. The van der Waals surface area contributed by atoms with Gasteiger partial charge in [0.25, 0.3) is 0 Å². The molecule has 0 radical (unpaired) electrons. The second kappa shape index (κ2) is 6.02. The van der Waals surface area contributed by atoms with E-state index in [4.69, 9.17) is 9.84 Å². The van der Waals surface area contributed by atoms with E-state index in [0.29, 0.717) is 18.9 Å². The fourth-order valence-electron chi connectivity index (χ4n) is 1.60. The van der Waals surface area contributed by atoms with Crippen LogP contribution in [0.2, 0.25) is 0 Å². The molecular formula is C14H15NO3. The SMILES string of the molecule is O=c1ccn(CCO)cc1OCc1ccccc1. The maximum absolute atomic E-state index is 11.6. The van der Waals surface area contributed by atoms with Crippen molar-refractivity contribution < 1.29 is 9.84 Å². The normalized spacial score (nSPS) is 10.3. The Morgan fingerprint density at radius 1 is 1.17 bits per heavy atom. The van der Waals surface area contributed by atoms with Crippen LogP contribution in [0.5, 0.6) is 5.75 Å². The maximum atomic E-state index is 11.6. The summed E-state index contributed by atoms with van der Waals surface area (Å²) in [4.78, 5) is 11.6. The molecule has 1 aromatic heterocycles. The summed E-state index contributed by atoms with van der Waals surface area (Å²) in [6.45, 7) is 0.836. The van der Waals surface area contributed by atoms with Gasteiger partial charge in [0, 0.05) is 18.8 Å². The van der Waals surface area contributed by atoms with Crippen molar-refractivity contribution in [2.45, 2.75) is 13.2 Å². The minimum Gasteiger partial charge on any atom is -0.483 e. The zero-order chi connectivity index (χ0) is 12.8. The zero-order valence-electron chi connectivity index (χ0n) is 9.95. The van der Waals surface area contributed by atoms with Gasteiger partial charge in [-0.1, -0.05) is 30.3 Å². The molecule has 0 saturated heterocycles. The van der Waals surface area contributed by atoms with E-state index >= 15 is 0 Å². The molecule has 0 aliphatic heterocycles. The number of rotatable bonds is 5. The molecule has 1 N–H and O–H groups in total. The number of nitrogens with zero attached hydrogens (tertiary/aromatic N) is 1. The molecule has 2 aromatic rings. The van der Waals surface area contributed by atoms with Crippen LogP contribution < -0.4 is 10.2 Å². The Labute approximate surface area is 105 Å². The molecule has 1 heterocycles. The number of aromatic nitrogens is 1. The fourth-order valence-corrected chi connectivity index (χ4v) is 1.60. The number of ether oxygens (including phenoxy) is 1. The van der Waals surface area contributed by atoms with Crippen LogP contribution in [-0.4, -0.2) is 16.3 Å². The predicted octanol–water partition coefficient (Wildman–Crippen LogP) is 1.42. The van der Waals surface area contributed by atoms with Crippen molar-refractivity contribution in [2.24, 2.45) is 0 Å². The van der Waals surface area contributed by atoms with E-state index in [-0.39, 0.29) is 12.0 Å². The molecule has 2 rings (SSSR count).